The van der Waals surface area contributed by atoms with Crippen molar-refractivity contribution in [2.24, 2.45) is 0 Å². The Balaban J connectivity index is 2.03. The second-order valence-corrected chi connectivity index (χ2v) is 5.97. The number of hydrogen-bond acceptors (Lipinski definition) is 4. The van der Waals surface area contributed by atoms with Crippen LogP contribution in [0.3, 0.4) is 0 Å². The average molecular weight is 322 g/mol. The van der Waals surface area contributed by atoms with Gasteiger partial charge < -0.3 is 10.0 Å². The van der Waals surface area contributed by atoms with Crippen LogP contribution < -0.4 is 4.90 Å². The zero-order valence-corrected chi connectivity index (χ0v) is 14.3. The standard InChI is InChI=1S/C19H22N4O/c1-4-15-12-16(24)10-11-17(15)18-20-19(22(2)3)23(21-18)13-14-8-6-5-7-9-14/h5-12,24H,4,13H2,1-3H3. The Morgan fingerprint density at radius 3 is 2.50 bits per heavy atom. The number of anilines is 1. The summed E-state index contributed by atoms with van der Waals surface area (Å²) in [5.41, 5.74) is 3.18. The van der Waals surface area contributed by atoms with Crippen molar-refractivity contribution in [1.29, 1.82) is 0 Å². The van der Waals surface area contributed by atoms with Gasteiger partial charge in [-0.1, -0.05) is 37.3 Å². The highest BCUT2D eigenvalue weighted by Crippen LogP contribution is 2.27. The molecule has 5 nitrogen and oxygen atoms in total. The predicted octanol–water partition coefficient (Wildman–Crippen LogP) is 3.33. The van der Waals surface area contributed by atoms with Crippen molar-refractivity contribution in [2.45, 2.75) is 19.9 Å². The fraction of sp³-hybridized carbons (Fsp3) is 0.263. The summed E-state index contributed by atoms with van der Waals surface area (Å²) in [4.78, 5) is 6.67. The molecule has 0 spiro atoms. The van der Waals surface area contributed by atoms with E-state index in [9.17, 15) is 5.11 Å². The summed E-state index contributed by atoms with van der Waals surface area (Å²) >= 11 is 0. The molecule has 0 atom stereocenters. The van der Waals surface area contributed by atoms with E-state index in [1.165, 1.54) is 5.56 Å². The van der Waals surface area contributed by atoms with Crippen LogP contribution in [0.5, 0.6) is 5.75 Å². The van der Waals surface area contributed by atoms with Crippen molar-refractivity contribution >= 4 is 5.95 Å². The lowest BCUT2D eigenvalue weighted by Crippen LogP contribution is -2.16. The van der Waals surface area contributed by atoms with Crippen LogP contribution in [0, 0.1) is 0 Å². The van der Waals surface area contributed by atoms with Crippen LogP contribution in [-0.2, 0) is 13.0 Å². The van der Waals surface area contributed by atoms with Crippen molar-refractivity contribution in [3.63, 3.8) is 0 Å². The Bertz CT molecular complexity index is 825. The van der Waals surface area contributed by atoms with Crippen LogP contribution in [0.2, 0.25) is 0 Å². The molecule has 1 aromatic heterocycles. The molecule has 2 aromatic carbocycles. The van der Waals surface area contributed by atoms with Gasteiger partial charge in [0.15, 0.2) is 5.82 Å². The van der Waals surface area contributed by atoms with Gasteiger partial charge in [-0.15, -0.1) is 5.10 Å². The van der Waals surface area contributed by atoms with Gasteiger partial charge in [0.1, 0.15) is 5.75 Å². The Morgan fingerprint density at radius 2 is 1.83 bits per heavy atom. The van der Waals surface area contributed by atoms with Crippen molar-refractivity contribution in [3.05, 3.63) is 59.7 Å². The molecular weight excluding hydrogens is 300 g/mol. The lowest BCUT2D eigenvalue weighted by molar-refractivity contribution is 0.474. The van der Waals surface area contributed by atoms with Crippen LogP contribution in [0.1, 0.15) is 18.1 Å². The number of benzene rings is 2. The molecule has 0 fully saturated rings. The number of phenolic OH excluding ortho intramolecular Hbond substituents is 1. The average Bonchev–Trinajstić information content (AvgIpc) is 2.99. The smallest absolute Gasteiger partial charge is 0.224 e. The molecule has 0 amide bonds. The van der Waals surface area contributed by atoms with Crippen LogP contribution in [0.25, 0.3) is 11.4 Å². The third-order valence-corrected chi connectivity index (χ3v) is 3.94. The third-order valence-electron chi connectivity index (χ3n) is 3.94. The summed E-state index contributed by atoms with van der Waals surface area (Å²) in [5.74, 6) is 1.77. The molecular formula is C19H22N4O. The van der Waals surface area contributed by atoms with E-state index in [1.807, 2.05) is 47.9 Å². The lowest BCUT2D eigenvalue weighted by Gasteiger charge is -2.12. The largest absolute Gasteiger partial charge is 0.508 e. The fourth-order valence-corrected chi connectivity index (χ4v) is 2.73. The first-order valence-corrected chi connectivity index (χ1v) is 8.07. The van der Waals surface area contributed by atoms with E-state index in [4.69, 9.17) is 10.1 Å². The number of nitrogens with zero attached hydrogens (tertiary/aromatic N) is 4. The van der Waals surface area contributed by atoms with Gasteiger partial charge in [-0.2, -0.15) is 4.98 Å². The number of rotatable bonds is 5. The maximum Gasteiger partial charge on any atom is 0.224 e. The van der Waals surface area contributed by atoms with Gasteiger partial charge in [-0.05, 0) is 35.7 Å². The Kier molecular flexibility index (Phi) is 4.51. The zero-order valence-electron chi connectivity index (χ0n) is 14.3. The summed E-state index contributed by atoms with van der Waals surface area (Å²) < 4.78 is 1.91. The van der Waals surface area contributed by atoms with Crippen molar-refractivity contribution in [3.8, 4) is 17.1 Å². The van der Waals surface area contributed by atoms with Crippen molar-refractivity contribution < 1.29 is 5.11 Å². The number of aryl methyl sites for hydroxylation is 1. The zero-order chi connectivity index (χ0) is 17.1. The van der Waals surface area contributed by atoms with Crippen LogP contribution >= 0.6 is 0 Å². The highest BCUT2D eigenvalue weighted by molar-refractivity contribution is 5.63. The van der Waals surface area contributed by atoms with E-state index in [1.54, 1.807) is 12.1 Å². The van der Waals surface area contributed by atoms with Crippen molar-refractivity contribution in [2.75, 3.05) is 19.0 Å². The molecule has 5 heteroatoms. The van der Waals surface area contributed by atoms with Gasteiger partial charge in [-0.3, -0.25) is 0 Å². The van der Waals surface area contributed by atoms with E-state index in [-0.39, 0.29) is 5.75 Å². The molecule has 24 heavy (non-hydrogen) atoms. The van der Waals surface area contributed by atoms with Gasteiger partial charge in [0, 0.05) is 19.7 Å². The SMILES string of the molecule is CCc1cc(O)ccc1-c1nc(N(C)C)n(Cc2ccccc2)n1. The minimum absolute atomic E-state index is 0.271. The van der Waals surface area contributed by atoms with Crippen LogP contribution in [0.15, 0.2) is 48.5 Å². The molecule has 124 valence electrons. The minimum Gasteiger partial charge on any atom is -0.508 e. The van der Waals surface area contributed by atoms with E-state index in [0.29, 0.717) is 12.4 Å². The summed E-state index contributed by atoms with van der Waals surface area (Å²) in [6, 6.07) is 15.6. The topological polar surface area (TPSA) is 54.2 Å². The summed E-state index contributed by atoms with van der Waals surface area (Å²) in [6.07, 6.45) is 0.814. The second-order valence-electron chi connectivity index (χ2n) is 5.97. The Morgan fingerprint density at radius 1 is 1.08 bits per heavy atom. The Hall–Kier alpha value is -2.82. The molecule has 0 saturated heterocycles. The van der Waals surface area contributed by atoms with Crippen LogP contribution in [0.4, 0.5) is 5.95 Å². The van der Waals surface area contributed by atoms with Gasteiger partial charge in [0.2, 0.25) is 5.95 Å². The first kappa shape index (κ1) is 16.1. The summed E-state index contributed by atoms with van der Waals surface area (Å²) in [6.45, 7) is 2.73. The minimum atomic E-state index is 0.271. The molecule has 0 unspecified atom stereocenters. The molecule has 0 radical (unpaired) electrons. The number of aromatic nitrogens is 3. The monoisotopic (exact) mass is 322 g/mol. The molecule has 0 bridgehead atoms. The number of aromatic hydroxyl groups is 1. The molecule has 3 rings (SSSR count). The summed E-state index contributed by atoms with van der Waals surface area (Å²) in [7, 11) is 3.93. The third kappa shape index (κ3) is 3.25. The van der Waals surface area contributed by atoms with Gasteiger partial charge in [0.05, 0.1) is 6.54 Å². The quantitative estimate of drug-likeness (QED) is 0.783. The molecule has 0 aliphatic carbocycles. The van der Waals surface area contributed by atoms with Crippen LogP contribution in [-0.4, -0.2) is 34.0 Å². The van der Waals surface area contributed by atoms with Gasteiger partial charge >= 0.3 is 0 Å². The molecule has 1 heterocycles. The molecule has 1 N–H and O–H groups in total. The number of hydrogen-bond donors (Lipinski definition) is 1. The van der Waals surface area contributed by atoms with E-state index < -0.39 is 0 Å². The van der Waals surface area contributed by atoms with E-state index in [0.717, 1.165) is 23.5 Å². The first-order valence-electron chi connectivity index (χ1n) is 8.07. The van der Waals surface area contributed by atoms with Gasteiger partial charge in [0.25, 0.3) is 0 Å². The highest BCUT2D eigenvalue weighted by atomic mass is 16.3. The Labute approximate surface area is 142 Å². The van der Waals surface area contributed by atoms with Crippen molar-refractivity contribution in [1.82, 2.24) is 14.8 Å². The number of phenols is 1. The van der Waals surface area contributed by atoms with E-state index in [2.05, 4.69) is 19.1 Å². The molecule has 0 aliphatic heterocycles. The lowest BCUT2D eigenvalue weighted by atomic mass is 10.0. The predicted molar refractivity (Wildman–Crippen MR) is 96.4 cm³/mol. The maximum atomic E-state index is 9.70. The molecule has 3 aromatic rings. The second kappa shape index (κ2) is 6.74. The summed E-state index contributed by atoms with van der Waals surface area (Å²) in [5, 5.41) is 14.4. The first-order chi connectivity index (χ1) is 11.6. The molecule has 0 aliphatic rings. The van der Waals surface area contributed by atoms with E-state index >= 15 is 0 Å². The van der Waals surface area contributed by atoms with Gasteiger partial charge in [-0.25, -0.2) is 4.68 Å². The fourth-order valence-electron chi connectivity index (χ4n) is 2.73. The normalized spacial score (nSPS) is 10.8. The highest BCUT2D eigenvalue weighted by Gasteiger charge is 2.16. The maximum absolute atomic E-state index is 9.70. The molecule has 0 saturated carbocycles.